The lowest BCUT2D eigenvalue weighted by Gasteiger charge is -2.58. The van der Waals surface area contributed by atoms with Gasteiger partial charge in [0.05, 0.1) is 31.5 Å². The van der Waals surface area contributed by atoms with Crippen molar-refractivity contribution in [3.8, 4) is 0 Å². The van der Waals surface area contributed by atoms with Crippen molar-refractivity contribution >= 4 is 0 Å². The van der Waals surface area contributed by atoms with Crippen LogP contribution < -0.4 is 0 Å². The standard InChI is InChI=1S/C39H62O12/c1-18-8-13-39(46-17-18)19(2)28-26(51-39)15-25-23-7-6-21-14-22(9-11-37(21,4)24(23)10-12-38(25,28)5)48-36-33(45)34(30(42)27(16-40)49-36)50-35-32(44)31(43)29(41)20(3)47-35/h6,18-20,22-36,40-45H,7-17H2,1-5H3/t18-,19+,20+,22+,23-,24+,25+,26+,27-,28+,29+,30-,31-,32-,33-,34+,35+,36-,37+,38+,39+/m1/s1. The number of fused-ring (bicyclic) bond motifs is 7. The summed E-state index contributed by atoms with van der Waals surface area (Å²) in [4.78, 5) is 0. The Morgan fingerprint density at radius 1 is 0.824 bits per heavy atom. The molecule has 21 atom stereocenters. The van der Waals surface area contributed by atoms with Gasteiger partial charge in [-0.05, 0) is 98.7 Å². The minimum Gasteiger partial charge on any atom is -0.394 e. The van der Waals surface area contributed by atoms with E-state index in [0.29, 0.717) is 41.9 Å². The van der Waals surface area contributed by atoms with E-state index in [1.165, 1.54) is 31.8 Å². The van der Waals surface area contributed by atoms with Crippen molar-refractivity contribution in [2.75, 3.05) is 13.2 Å². The average Bonchev–Trinajstić information content (AvgIpc) is 3.56. The highest BCUT2D eigenvalue weighted by Crippen LogP contribution is 2.70. The van der Waals surface area contributed by atoms with Gasteiger partial charge in [-0.25, -0.2) is 0 Å². The second-order valence-electron chi connectivity index (χ2n) is 18.3. The quantitative estimate of drug-likeness (QED) is 0.229. The van der Waals surface area contributed by atoms with Crippen molar-refractivity contribution in [2.24, 2.45) is 46.3 Å². The first-order valence-electron chi connectivity index (χ1n) is 19.8. The minimum atomic E-state index is -1.62. The van der Waals surface area contributed by atoms with Gasteiger partial charge in [0.15, 0.2) is 18.4 Å². The smallest absolute Gasteiger partial charge is 0.187 e. The van der Waals surface area contributed by atoms with Crippen molar-refractivity contribution in [1.82, 2.24) is 0 Å². The van der Waals surface area contributed by atoms with E-state index in [1.807, 2.05) is 0 Å². The lowest BCUT2D eigenvalue weighted by molar-refractivity contribution is -0.361. The molecule has 12 heteroatoms. The number of allylic oxidation sites excluding steroid dienone is 1. The van der Waals surface area contributed by atoms with Crippen LogP contribution in [0, 0.1) is 46.3 Å². The third-order valence-corrected chi connectivity index (χ3v) is 15.6. The first kappa shape index (κ1) is 37.2. The normalized spacial score (nSPS) is 58.4. The molecule has 4 heterocycles. The maximum Gasteiger partial charge on any atom is 0.187 e. The highest BCUT2D eigenvalue weighted by atomic mass is 16.7. The Hall–Kier alpha value is -0.740. The third-order valence-electron chi connectivity index (χ3n) is 15.6. The number of hydrogen-bond acceptors (Lipinski definition) is 12. The molecule has 0 aromatic rings. The highest BCUT2D eigenvalue weighted by molar-refractivity contribution is 5.26. The van der Waals surface area contributed by atoms with Crippen LogP contribution in [-0.2, 0) is 28.4 Å². The van der Waals surface area contributed by atoms with E-state index >= 15 is 0 Å². The molecule has 0 aromatic carbocycles. The number of ether oxygens (including phenoxy) is 6. The van der Waals surface area contributed by atoms with Crippen molar-refractivity contribution in [1.29, 1.82) is 0 Å². The van der Waals surface area contributed by atoms with Gasteiger partial charge < -0.3 is 59.1 Å². The lowest BCUT2D eigenvalue weighted by Crippen LogP contribution is -2.64. The second kappa shape index (κ2) is 13.5. The molecule has 0 amide bonds. The fraction of sp³-hybridized carbons (Fsp3) is 0.949. The van der Waals surface area contributed by atoms with Crippen molar-refractivity contribution in [2.45, 2.75) is 172 Å². The van der Waals surface area contributed by atoms with Crippen LogP contribution in [0.25, 0.3) is 0 Å². The van der Waals surface area contributed by atoms with Gasteiger partial charge in [-0.15, -0.1) is 0 Å². The summed E-state index contributed by atoms with van der Waals surface area (Å²) < 4.78 is 37.2. The van der Waals surface area contributed by atoms with E-state index in [-0.39, 0.29) is 23.0 Å². The molecule has 1 spiro atoms. The maximum absolute atomic E-state index is 11.4. The molecule has 6 N–H and O–H groups in total. The van der Waals surface area contributed by atoms with Gasteiger partial charge in [-0.1, -0.05) is 39.3 Å². The van der Waals surface area contributed by atoms with E-state index in [2.05, 4.69) is 33.8 Å². The fourth-order valence-electron chi connectivity index (χ4n) is 12.6. The molecule has 4 aliphatic carbocycles. The predicted molar refractivity (Wildman–Crippen MR) is 182 cm³/mol. The molecule has 0 radical (unpaired) electrons. The van der Waals surface area contributed by atoms with Crippen LogP contribution in [0.3, 0.4) is 0 Å². The monoisotopic (exact) mass is 722 g/mol. The molecule has 7 fully saturated rings. The van der Waals surface area contributed by atoms with Gasteiger partial charge in [0, 0.05) is 12.3 Å². The highest BCUT2D eigenvalue weighted by Gasteiger charge is 2.68. The molecular weight excluding hydrogens is 660 g/mol. The summed E-state index contributed by atoms with van der Waals surface area (Å²) in [5.74, 6) is 2.96. The maximum atomic E-state index is 11.4. The van der Waals surface area contributed by atoms with Crippen LogP contribution in [-0.4, -0.2) is 123 Å². The molecular formula is C39H62O12. The molecule has 290 valence electrons. The van der Waals surface area contributed by atoms with Crippen molar-refractivity contribution < 1.29 is 59.1 Å². The van der Waals surface area contributed by atoms with Gasteiger partial charge in [-0.3, -0.25) is 0 Å². The number of rotatable bonds is 5. The first-order chi connectivity index (χ1) is 24.2. The Kier molecular flexibility index (Phi) is 9.83. The summed E-state index contributed by atoms with van der Waals surface area (Å²) in [6.07, 6.45) is -1.66. The van der Waals surface area contributed by atoms with Crippen LogP contribution in [0.4, 0.5) is 0 Å². The molecule has 4 saturated heterocycles. The largest absolute Gasteiger partial charge is 0.394 e. The second-order valence-corrected chi connectivity index (χ2v) is 18.3. The van der Waals surface area contributed by atoms with E-state index in [1.54, 1.807) is 0 Å². The Labute approximate surface area is 301 Å². The summed E-state index contributed by atoms with van der Waals surface area (Å²) >= 11 is 0. The molecule has 3 saturated carbocycles. The zero-order chi connectivity index (χ0) is 36.2. The van der Waals surface area contributed by atoms with E-state index in [9.17, 15) is 30.6 Å². The molecule has 12 nitrogen and oxygen atoms in total. The molecule has 0 unspecified atom stereocenters. The van der Waals surface area contributed by atoms with Crippen molar-refractivity contribution in [3.05, 3.63) is 11.6 Å². The number of aliphatic hydroxyl groups is 6. The van der Waals surface area contributed by atoms with Gasteiger partial charge in [0.25, 0.3) is 0 Å². The number of hydrogen-bond donors (Lipinski definition) is 6. The van der Waals surface area contributed by atoms with Crippen LogP contribution in [0.2, 0.25) is 0 Å². The molecule has 4 aliphatic heterocycles. The molecule has 0 bridgehead atoms. The SMILES string of the molecule is C[C@@H]1CC[C@]2(OC1)O[C@H]1C[C@H]3[C@@H]4CC=C5C[C@@H](O[C@@H]6O[C@H](CO)[C@@H](O)[C@H](O[C@@H]7O[C@@H](C)[C@H](O)[C@@H](O)[C@H]7O)[C@H]6O)CC[C@]5(C)[C@H]4CC[C@]3(C)[C@H]1[C@@H]2C. The summed E-state index contributed by atoms with van der Waals surface area (Å²) in [7, 11) is 0. The lowest BCUT2D eigenvalue weighted by atomic mass is 9.47. The Morgan fingerprint density at radius 3 is 2.31 bits per heavy atom. The van der Waals surface area contributed by atoms with E-state index < -0.39 is 73.8 Å². The molecule has 8 rings (SSSR count). The van der Waals surface area contributed by atoms with Gasteiger partial charge in [0.1, 0.15) is 42.7 Å². The van der Waals surface area contributed by atoms with Gasteiger partial charge in [0.2, 0.25) is 0 Å². The first-order valence-corrected chi connectivity index (χ1v) is 19.8. The van der Waals surface area contributed by atoms with E-state index in [0.717, 1.165) is 38.7 Å². The van der Waals surface area contributed by atoms with Crippen LogP contribution in [0.15, 0.2) is 11.6 Å². The predicted octanol–water partition coefficient (Wildman–Crippen LogP) is 2.39. The summed E-state index contributed by atoms with van der Waals surface area (Å²) in [5, 5.41) is 63.2. The molecule has 51 heavy (non-hydrogen) atoms. The van der Waals surface area contributed by atoms with Crippen molar-refractivity contribution in [3.63, 3.8) is 0 Å². The number of aliphatic hydroxyl groups excluding tert-OH is 6. The molecule has 8 aliphatic rings. The summed E-state index contributed by atoms with van der Waals surface area (Å²) in [5.41, 5.74) is 1.72. The summed E-state index contributed by atoms with van der Waals surface area (Å²) in [6.45, 7) is 11.5. The molecule has 0 aromatic heterocycles. The van der Waals surface area contributed by atoms with Crippen LogP contribution in [0.1, 0.15) is 92.4 Å². The van der Waals surface area contributed by atoms with Crippen LogP contribution >= 0.6 is 0 Å². The average molecular weight is 723 g/mol. The zero-order valence-corrected chi connectivity index (χ0v) is 30.9. The topological polar surface area (TPSA) is 177 Å². The fourth-order valence-corrected chi connectivity index (χ4v) is 12.6. The third kappa shape index (κ3) is 5.84. The minimum absolute atomic E-state index is 0.0657. The Bertz CT molecular complexity index is 1300. The zero-order valence-electron chi connectivity index (χ0n) is 30.9. The Balaban J connectivity index is 0.939. The Morgan fingerprint density at radius 2 is 1.59 bits per heavy atom. The van der Waals surface area contributed by atoms with Gasteiger partial charge >= 0.3 is 0 Å². The van der Waals surface area contributed by atoms with E-state index in [4.69, 9.17) is 28.4 Å². The van der Waals surface area contributed by atoms with Gasteiger partial charge in [-0.2, -0.15) is 0 Å². The van der Waals surface area contributed by atoms with Crippen LogP contribution in [0.5, 0.6) is 0 Å². The summed E-state index contributed by atoms with van der Waals surface area (Å²) in [6, 6.07) is 0.